The van der Waals surface area contributed by atoms with E-state index in [2.05, 4.69) is 4.90 Å². The van der Waals surface area contributed by atoms with Crippen LogP contribution in [0.3, 0.4) is 0 Å². The number of nitrogens with zero attached hydrogens (tertiary/aromatic N) is 3. The van der Waals surface area contributed by atoms with Gasteiger partial charge in [0.2, 0.25) is 0 Å². The van der Waals surface area contributed by atoms with Crippen molar-refractivity contribution in [1.29, 1.82) is 0 Å². The number of rotatable bonds is 6. The fraction of sp³-hybridized carbons (Fsp3) is 0.480. The molecule has 0 aromatic heterocycles. The highest BCUT2D eigenvalue weighted by molar-refractivity contribution is 5.78. The minimum atomic E-state index is -0.478. The Balaban J connectivity index is 1.63. The normalized spacial score (nSPS) is 19.4. The standard InChI is InChI=1S/C25H32FN3O4/c1-17-14-28(18(2)13-27(17)15-19-6-9-21(26)10-7-19)24(30)16-33-23-11-8-20(25(3,4)5)12-22(23)29(31)32/h6-12,17-18H,13-16H2,1-5H3/t17-,18+/m0/s1. The van der Waals surface area contributed by atoms with Crippen LogP contribution in [0.1, 0.15) is 45.7 Å². The molecule has 1 fully saturated rings. The molecule has 0 spiro atoms. The van der Waals surface area contributed by atoms with Crippen LogP contribution in [0.2, 0.25) is 0 Å². The number of ether oxygens (including phenoxy) is 1. The predicted molar refractivity (Wildman–Crippen MR) is 125 cm³/mol. The van der Waals surface area contributed by atoms with E-state index >= 15 is 0 Å². The van der Waals surface area contributed by atoms with Gasteiger partial charge in [0.15, 0.2) is 12.4 Å². The molecule has 1 amide bonds. The van der Waals surface area contributed by atoms with Gasteiger partial charge in [-0.05, 0) is 48.6 Å². The molecular formula is C25H32FN3O4. The summed E-state index contributed by atoms with van der Waals surface area (Å²) in [5, 5.41) is 11.6. The molecule has 0 radical (unpaired) electrons. The Morgan fingerprint density at radius 2 is 1.79 bits per heavy atom. The maximum absolute atomic E-state index is 13.2. The molecule has 0 saturated carbocycles. The lowest BCUT2D eigenvalue weighted by Crippen LogP contribution is -2.58. The summed E-state index contributed by atoms with van der Waals surface area (Å²) < 4.78 is 18.8. The minimum absolute atomic E-state index is 0.0454. The first kappa shape index (κ1) is 24.6. The monoisotopic (exact) mass is 457 g/mol. The van der Waals surface area contributed by atoms with Gasteiger partial charge in [0, 0.05) is 37.8 Å². The number of amides is 1. The van der Waals surface area contributed by atoms with Crippen LogP contribution >= 0.6 is 0 Å². The molecule has 0 N–H and O–H groups in total. The zero-order valence-electron chi connectivity index (χ0n) is 19.9. The van der Waals surface area contributed by atoms with Crippen LogP contribution in [0.25, 0.3) is 0 Å². The average Bonchev–Trinajstić information content (AvgIpc) is 2.75. The number of halogens is 1. The maximum Gasteiger partial charge on any atom is 0.311 e. The fourth-order valence-electron chi connectivity index (χ4n) is 4.06. The molecule has 2 aromatic rings. The molecule has 0 aliphatic carbocycles. The second-order valence-electron chi connectivity index (χ2n) is 9.78. The lowest BCUT2D eigenvalue weighted by atomic mass is 9.87. The summed E-state index contributed by atoms with van der Waals surface area (Å²) in [6, 6.07) is 11.4. The van der Waals surface area contributed by atoms with Gasteiger partial charge in [-0.2, -0.15) is 0 Å². The minimum Gasteiger partial charge on any atom is -0.477 e. The van der Waals surface area contributed by atoms with Crippen LogP contribution in [0, 0.1) is 15.9 Å². The first-order valence-corrected chi connectivity index (χ1v) is 11.2. The van der Waals surface area contributed by atoms with Crippen molar-refractivity contribution in [3.8, 4) is 5.75 Å². The van der Waals surface area contributed by atoms with Gasteiger partial charge in [-0.15, -0.1) is 0 Å². The molecule has 1 aliphatic heterocycles. The van der Waals surface area contributed by atoms with Crippen LogP contribution in [0.15, 0.2) is 42.5 Å². The van der Waals surface area contributed by atoms with Gasteiger partial charge in [0.25, 0.3) is 5.91 Å². The maximum atomic E-state index is 13.2. The number of hydrogen-bond acceptors (Lipinski definition) is 5. The number of nitro benzene ring substituents is 1. The molecule has 0 unspecified atom stereocenters. The quantitative estimate of drug-likeness (QED) is 0.471. The van der Waals surface area contributed by atoms with Crippen LogP contribution < -0.4 is 4.74 Å². The van der Waals surface area contributed by atoms with Crippen molar-refractivity contribution >= 4 is 11.6 Å². The molecule has 1 aliphatic rings. The van der Waals surface area contributed by atoms with Crippen molar-refractivity contribution in [3.05, 3.63) is 69.5 Å². The summed E-state index contributed by atoms with van der Waals surface area (Å²) in [6.45, 7) is 11.6. The van der Waals surface area contributed by atoms with E-state index in [0.29, 0.717) is 19.6 Å². The van der Waals surface area contributed by atoms with E-state index in [1.54, 1.807) is 29.2 Å². The first-order chi connectivity index (χ1) is 15.5. The van der Waals surface area contributed by atoms with Gasteiger partial charge >= 0.3 is 5.69 Å². The highest BCUT2D eigenvalue weighted by Gasteiger charge is 2.32. The van der Waals surface area contributed by atoms with Crippen LogP contribution in [-0.4, -0.2) is 52.4 Å². The molecule has 3 rings (SSSR count). The second kappa shape index (κ2) is 9.87. The summed E-state index contributed by atoms with van der Waals surface area (Å²) in [5.74, 6) is -0.370. The Kier molecular flexibility index (Phi) is 7.37. The number of carbonyl (C=O) groups excluding carboxylic acids is 1. The molecule has 33 heavy (non-hydrogen) atoms. The average molecular weight is 458 g/mol. The Hall–Kier alpha value is -3.00. The lowest BCUT2D eigenvalue weighted by Gasteiger charge is -2.44. The summed E-state index contributed by atoms with van der Waals surface area (Å²) in [6.07, 6.45) is 0. The zero-order chi connectivity index (χ0) is 24.3. The molecule has 0 bridgehead atoms. The molecule has 2 aromatic carbocycles. The van der Waals surface area contributed by atoms with E-state index in [0.717, 1.165) is 11.1 Å². The molecule has 178 valence electrons. The van der Waals surface area contributed by atoms with E-state index in [-0.39, 0.29) is 47.3 Å². The summed E-state index contributed by atoms with van der Waals surface area (Å²) >= 11 is 0. The van der Waals surface area contributed by atoms with Crippen LogP contribution in [0.4, 0.5) is 10.1 Å². The Morgan fingerprint density at radius 1 is 1.12 bits per heavy atom. The fourth-order valence-corrected chi connectivity index (χ4v) is 4.06. The molecule has 7 nitrogen and oxygen atoms in total. The third-order valence-corrected chi connectivity index (χ3v) is 6.11. The zero-order valence-corrected chi connectivity index (χ0v) is 19.9. The van der Waals surface area contributed by atoms with Crippen molar-refractivity contribution in [3.63, 3.8) is 0 Å². The van der Waals surface area contributed by atoms with Gasteiger partial charge in [-0.25, -0.2) is 4.39 Å². The number of nitro groups is 1. The smallest absolute Gasteiger partial charge is 0.311 e. The van der Waals surface area contributed by atoms with Gasteiger partial charge in [-0.1, -0.05) is 39.0 Å². The van der Waals surface area contributed by atoms with Crippen molar-refractivity contribution in [2.45, 2.75) is 58.7 Å². The SMILES string of the molecule is C[C@@H]1CN(Cc2ccc(F)cc2)[C@@H](C)CN1C(=O)COc1ccc(C(C)(C)C)cc1[N+](=O)[O-]. The predicted octanol–water partition coefficient (Wildman–Crippen LogP) is 4.53. The number of hydrogen-bond donors (Lipinski definition) is 0. The molecular weight excluding hydrogens is 425 g/mol. The van der Waals surface area contributed by atoms with E-state index in [9.17, 15) is 19.3 Å². The highest BCUT2D eigenvalue weighted by atomic mass is 19.1. The summed E-state index contributed by atoms with van der Waals surface area (Å²) in [7, 11) is 0. The highest BCUT2D eigenvalue weighted by Crippen LogP contribution is 2.33. The Bertz CT molecular complexity index is 1000. The first-order valence-electron chi connectivity index (χ1n) is 11.2. The van der Waals surface area contributed by atoms with E-state index in [1.165, 1.54) is 18.2 Å². The number of carbonyl (C=O) groups is 1. The van der Waals surface area contributed by atoms with Gasteiger partial charge in [-0.3, -0.25) is 19.8 Å². The van der Waals surface area contributed by atoms with Crippen molar-refractivity contribution in [2.75, 3.05) is 19.7 Å². The van der Waals surface area contributed by atoms with Crippen molar-refractivity contribution in [2.24, 2.45) is 0 Å². The van der Waals surface area contributed by atoms with Gasteiger partial charge < -0.3 is 9.64 Å². The van der Waals surface area contributed by atoms with E-state index in [1.807, 2.05) is 34.6 Å². The van der Waals surface area contributed by atoms with Gasteiger partial charge in [0.1, 0.15) is 5.82 Å². The van der Waals surface area contributed by atoms with Crippen LogP contribution in [0.5, 0.6) is 5.75 Å². The summed E-state index contributed by atoms with van der Waals surface area (Å²) in [5.41, 5.74) is 1.47. The number of piperazine rings is 1. The summed E-state index contributed by atoms with van der Waals surface area (Å²) in [4.78, 5) is 28.0. The lowest BCUT2D eigenvalue weighted by molar-refractivity contribution is -0.385. The molecule has 1 saturated heterocycles. The molecule has 2 atom stereocenters. The topological polar surface area (TPSA) is 75.9 Å². The largest absolute Gasteiger partial charge is 0.477 e. The Labute approximate surface area is 194 Å². The molecule has 1 heterocycles. The third-order valence-electron chi connectivity index (χ3n) is 6.11. The van der Waals surface area contributed by atoms with Gasteiger partial charge in [0.05, 0.1) is 4.92 Å². The van der Waals surface area contributed by atoms with Crippen LogP contribution in [-0.2, 0) is 16.8 Å². The van der Waals surface area contributed by atoms with E-state index < -0.39 is 4.92 Å². The number of benzene rings is 2. The van der Waals surface area contributed by atoms with Crippen molar-refractivity contribution in [1.82, 2.24) is 9.80 Å². The Morgan fingerprint density at radius 3 is 2.39 bits per heavy atom. The molecule has 8 heteroatoms. The van der Waals surface area contributed by atoms with E-state index in [4.69, 9.17) is 4.74 Å². The second-order valence-corrected chi connectivity index (χ2v) is 9.78. The third kappa shape index (κ3) is 6.07. The van der Waals surface area contributed by atoms with Crippen molar-refractivity contribution < 1.29 is 18.8 Å².